The van der Waals surface area contributed by atoms with Crippen LogP contribution in [0.3, 0.4) is 0 Å². The van der Waals surface area contributed by atoms with E-state index in [0.29, 0.717) is 4.90 Å². The number of primary amides is 2. The Kier molecular flexibility index (Phi) is 4.08. The van der Waals surface area contributed by atoms with Crippen LogP contribution in [0.15, 0.2) is 6.07 Å². The van der Waals surface area contributed by atoms with E-state index in [0.717, 1.165) is 0 Å². The van der Waals surface area contributed by atoms with Crippen LogP contribution in [0, 0.1) is 17.6 Å². The van der Waals surface area contributed by atoms with E-state index in [1.165, 1.54) is 0 Å². The lowest BCUT2D eigenvalue weighted by Gasteiger charge is -2.20. The first-order chi connectivity index (χ1) is 8.31. The van der Waals surface area contributed by atoms with Crippen LogP contribution in [0.1, 0.15) is 0 Å². The number of nitrogens with two attached hydrogens (primary N) is 2. The van der Waals surface area contributed by atoms with Crippen LogP contribution >= 0.6 is 0 Å². The van der Waals surface area contributed by atoms with Crippen molar-refractivity contribution in [1.29, 1.82) is 0 Å². The fraction of sp³-hybridized carbons (Fsp3) is 0.222. The molecule has 6 nitrogen and oxygen atoms in total. The summed E-state index contributed by atoms with van der Waals surface area (Å²) in [6, 6.07) is 0.243. The van der Waals surface area contributed by atoms with E-state index >= 15 is 0 Å². The van der Waals surface area contributed by atoms with Crippen molar-refractivity contribution in [3.8, 4) is 0 Å². The van der Waals surface area contributed by atoms with Crippen LogP contribution in [0.4, 0.5) is 19.0 Å². The predicted molar refractivity (Wildman–Crippen MR) is 54.7 cm³/mol. The first kappa shape index (κ1) is 13.7. The van der Waals surface area contributed by atoms with Gasteiger partial charge in [-0.1, -0.05) is 0 Å². The Balaban J connectivity index is 3.15. The summed E-state index contributed by atoms with van der Waals surface area (Å²) >= 11 is 0. The highest BCUT2D eigenvalue weighted by Crippen LogP contribution is 2.18. The Bertz CT molecular complexity index is 479. The number of hydrogen-bond acceptors (Lipinski definition) is 4. The molecular weight excluding hydrogens is 253 g/mol. The molecule has 1 aromatic heterocycles. The van der Waals surface area contributed by atoms with Gasteiger partial charge in [0.15, 0.2) is 17.5 Å². The molecule has 0 fully saturated rings. The lowest BCUT2D eigenvalue weighted by atomic mass is 10.3. The Morgan fingerprint density at radius 2 is 1.61 bits per heavy atom. The fourth-order valence-electron chi connectivity index (χ4n) is 1.24. The molecule has 0 unspecified atom stereocenters. The van der Waals surface area contributed by atoms with Crippen molar-refractivity contribution < 1.29 is 22.8 Å². The second-order valence-electron chi connectivity index (χ2n) is 3.36. The monoisotopic (exact) mass is 262 g/mol. The van der Waals surface area contributed by atoms with Crippen LogP contribution in [-0.4, -0.2) is 29.9 Å². The second kappa shape index (κ2) is 5.34. The first-order valence-electron chi connectivity index (χ1n) is 4.64. The van der Waals surface area contributed by atoms with Crippen LogP contribution in [0.2, 0.25) is 0 Å². The summed E-state index contributed by atoms with van der Waals surface area (Å²) in [5, 5.41) is 0. The highest BCUT2D eigenvalue weighted by molar-refractivity contribution is 5.84. The van der Waals surface area contributed by atoms with Crippen LogP contribution in [0.25, 0.3) is 0 Å². The number of rotatable bonds is 5. The molecule has 9 heteroatoms. The maximum atomic E-state index is 13.4. The number of pyridine rings is 1. The molecule has 0 aliphatic heterocycles. The summed E-state index contributed by atoms with van der Waals surface area (Å²) in [5.74, 6) is -6.84. The molecule has 1 rings (SSSR count). The van der Waals surface area contributed by atoms with Gasteiger partial charge in [0.1, 0.15) is 0 Å². The van der Waals surface area contributed by atoms with E-state index < -0.39 is 48.3 Å². The second-order valence-corrected chi connectivity index (χ2v) is 3.36. The number of aromatic nitrogens is 1. The van der Waals surface area contributed by atoms with E-state index in [2.05, 4.69) is 4.98 Å². The fourth-order valence-corrected chi connectivity index (χ4v) is 1.24. The Labute approximate surface area is 99.4 Å². The highest BCUT2D eigenvalue weighted by Gasteiger charge is 2.20. The normalized spacial score (nSPS) is 10.2. The number of carbonyl (C=O) groups excluding carboxylic acids is 2. The Morgan fingerprint density at radius 3 is 2.06 bits per heavy atom. The minimum Gasteiger partial charge on any atom is -0.368 e. The zero-order chi connectivity index (χ0) is 13.9. The number of amides is 2. The van der Waals surface area contributed by atoms with Crippen molar-refractivity contribution in [2.24, 2.45) is 11.5 Å². The van der Waals surface area contributed by atoms with E-state index in [9.17, 15) is 22.8 Å². The first-order valence-corrected chi connectivity index (χ1v) is 4.64. The van der Waals surface area contributed by atoms with Gasteiger partial charge in [-0.2, -0.15) is 9.37 Å². The molecule has 0 aliphatic carbocycles. The number of anilines is 1. The van der Waals surface area contributed by atoms with Crippen molar-refractivity contribution in [2.75, 3.05) is 18.0 Å². The average Bonchev–Trinajstić information content (AvgIpc) is 2.21. The van der Waals surface area contributed by atoms with Crippen molar-refractivity contribution in [3.05, 3.63) is 23.6 Å². The molecule has 18 heavy (non-hydrogen) atoms. The van der Waals surface area contributed by atoms with Gasteiger partial charge >= 0.3 is 0 Å². The van der Waals surface area contributed by atoms with E-state index in [1.807, 2.05) is 0 Å². The minimum atomic E-state index is -1.56. The van der Waals surface area contributed by atoms with Gasteiger partial charge in [-0.25, -0.2) is 8.78 Å². The molecule has 0 bridgehead atoms. The van der Waals surface area contributed by atoms with Crippen molar-refractivity contribution >= 4 is 17.6 Å². The summed E-state index contributed by atoms with van der Waals surface area (Å²) in [6.45, 7) is -1.23. The SMILES string of the molecule is NC(=O)CN(CC(N)=O)c1nc(F)c(F)cc1F. The highest BCUT2D eigenvalue weighted by atomic mass is 19.2. The summed E-state index contributed by atoms with van der Waals surface area (Å²) in [7, 11) is 0. The number of carbonyl (C=O) groups is 2. The maximum Gasteiger partial charge on any atom is 0.251 e. The largest absolute Gasteiger partial charge is 0.368 e. The van der Waals surface area contributed by atoms with E-state index in [-0.39, 0.29) is 6.07 Å². The molecule has 0 spiro atoms. The minimum absolute atomic E-state index is 0.243. The van der Waals surface area contributed by atoms with Gasteiger partial charge in [0, 0.05) is 6.07 Å². The summed E-state index contributed by atoms with van der Waals surface area (Å²) in [4.78, 5) is 25.2. The molecule has 1 aromatic rings. The van der Waals surface area contributed by atoms with Gasteiger partial charge in [0.2, 0.25) is 11.8 Å². The van der Waals surface area contributed by atoms with Crippen molar-refractivity contribution in [3.63, 3.8) is 0 Å². The molecule has 0 aromatic carbocycles. The standard InChI is InChI=1S/C9H9F3N4O2/c10-4-1-5(11)9(15-8(4)12)16(2-6(13)17)3-7(14)18/h1H,2-3H2,(H2,13,17)(H2,14,18). The van der Waals surface area contributed by atoms with Gasteiger partial charge in [-0.15, -0.1) is 0 Å². The molecule has 2 amide bonds. The average molecular weight is 262 g/mol. The Hall–Kier alpha value is -2.32. The number of halogens is 3. The molecule has 0 saturated heterocycles. The van der Waals surface area contributed by atoms with E-state index in [1.54, 1.807) is 0 Å². The van der Waals surface area contributed by atoms with E-state index in [4.69, 9.17) is 11.5 Å². The zero-order valence-corrected chi connectivity index (χ0v) is 8.99. The van der Waals surface area contributed by atoms with Gasteiger partial charge in [0.25, 0.3) is 5.95 Å². The van der Waals surface area contributed by atoms with Gasteiger partial charge in [0.05, 0.1) is 13.1 Å². The van der Waals surface area contributed by atoms with Crippen molar-refractivity contribution in [2.45, 2.75) is 0 Å². The molecule has 0 radical (unpaired) electrons. The summed E-state index contributed by atoms with van der Waals surface area (Å²) < 4.78 is 38.9. The third-order valence-corrected chi connectivity index (χ3v) is 1.86. The zero-order valence-electron chi connectivity index (χ0n) is 8.99. The molecule has 4 N–H and O–H groups in total. The molecule has 0 atom stereocenters. The lowest BCUT2D eigenvalue weighted by molar-refractivity contribution is -0.117. The molecular formula is C9H9F3N4O2. The molecule has 0 saturated carbocycles. The quantitative estimate of drug-likeness (QED) is 0.683. The predicted octanol–water partition coefficient (Wildman–Crippen LogP) is -0.724. The van der Waals surface area contributed by atoms with Gasteiger partial charge < -0.3 is 16.4 Å². The molecule has 0 aliphatic rings. The van der Waals surface area contributed by atoms with Crippen molar-refractivity contribution in [1.82, 2.24) is 4.98 Å². The number of nitrogens with zero attached hydrogens (tertiary/aromatic N) is 2. The van der Waals surface area contributed by atoms with Gasteiger partial charge in [-0.05, 0) is 0 Å². The van der Waals surface area contributed by atoms with Crippen LogP contribution in [-0.2, 0) is 9.59 Å². The molecule has 98 valence electrons. The topological polar surface area (TPSA) is 102 Å². The van der Waals surface area contributed by atoms with Crippen LogP contribution in [0.5, 0.6) is 0 Å². The molecule has 1 heterocycles. The van der Waals surface area contributed by atoms with Crippen LogP contribution < -0.4 is 16.4 Å². The summed E-state index contributed by atoms with van der Waals surface area (Å²) in [5.41, 5.74) is 9.75. The summed E-state index contributed by atoms with van der Waals surface area (Å²) in [6.07, 6.45) is 0. The Morgan fingerprint density at radius 1 is 1.11 bits per heavy atom. The van der Waals surface area contributed by atoms with Gasteiger partial charge in [-0.3, -0.25) is 9.59 Å². The smallest absolute Gasteiger partial charge is 0.251 e. The third-order valence-electron chi connectivity index (χ3n) is 1.86. The lowest BCUT2D eigenvalue weighted by Crippen LogP contribution is -2.40. The third kappa shape index (κ3) is 3.34. The maximum absolute atomic E-state index is 13.4. The number of hydrogen-bond donors (Lipinski definition) is 2.